The lowest BCUT2D eigenvalue weighted by molar-refractivity contribution is 0.0950. The molecule has 5 heteroatoms. The molecular weight excluding hydrogens is 260 g/mol. The van der Waals surface area contributed by atoms with Gasteiger partial charge in [0, 0.05) is 13.0 Å². The molecule has 19 heavy (non-hydrogen) atoms. The van der Waals surface area contributed by atoms with Crippen LogP contribution in [0.1, 0.15) is 26.5 Å². The third-order valence-electron chi connectivity index (χ3n) is 3.14. The molecule has 1 aliphatic heterocycles. The highest BCUT2D eigenvalue weighted by Crippen LogP contribution is 2.28. The Labute approximate surface area is 115 Å². The molecule has 1 aromatic carbocycles. The minimum atomic E-state index is -0.0375. The number of aromatic nitrogens is 1. The predicted molar refractivity (Wildman–Crippen MR) is 73.7 cm³/mol. The Hall–Kier alpha value is -1.88. The van der Waals surface area contributed by atoms with Crippen molar-refractivity contribution < 1.29 is 9.53 Å². The standard InChI is InChI=1S/C14H14N2O2S/c1-9-4-2-3-5-10(9)8-18-14-16-11-6-7-15-13(17)12(11)19-14/h2-5H,6-8H2,1H3,(H,15,17). The van der Waals surface area contributed by atoms with Crippen molar-refractivity contribution in [1.82, 2.24) is 10.3 Å². The number of fused-ring (bicyclic) bond motifs is 1. The van der Waals surface area contributed by atoms with Crippen LogP contribution in [0.4, 0.5) is 0 Å². The van der Waals surface area contributed by atoms with Gasteiger partial charge in [-0.1, -0.05) is 35.6 Å². The summed E-state index contributed by atoms with van der Waals surface area (Å²) in [7, 11) is 0. The van der Waals surface area contributed by atoms with Crippen molar-refractivity contribution in [3.05, 3.63) is 46.0 Å². The molecule has 1 amide bonds. The molecule has 1 aromatic heterocycles. The number of rotatable bonds is 3. The molecule has 0 aliphatic carbocycles. The number of aryl methyl sites for hydroxylation is 1. The second kappa shape index (κ2) is 5.01. The molecule has 1 N–H and O–H groups in total. The van der Waals surface area contributed by atoms with Gasteiger partial charge < -0.3 is 10.1 Å². The molecule has 0 radical (unpaired) electrons. The van der Waals surface area contributed by atoms with E-state index in [2.05, 4.69) is 23.3 Å². The van der Waals surface area contributed by atoms with Gasteiger partial charge in [-0.05, 0) is 18.1 Å². The SMILES string of the molecule is Cc1ccccc1COc1nc2c(s1)C(=O)NCC2. The van der Waals surface area contributed by atoms with Crippen molar-refractivity contribution in [2.75, 3.05) is 6.54 Å². The maximum Gasteiger partial charge on any atom is 0.274 e. The summed E-state index contributed by atoms with van der Waals surface area (Å²) in [5, 5.41) is 3.38. The predicted octanol–water partition coefficient (Wildman–Crippen LogP) is 2.32. The first-order valence-corrected chi connectivity index (χ1v) is 7.01. The molecule has 2 aromatic rings. The molecule has 0 saturated heterocycles. The van der Waals surface area contributed by atoms with E-state index in [-0.39, 0.29) is 5.91 Å². The number of hydrogen-bond donors (Lipinski definition) is 1. The van der Waals surface area contributed by atoms with Crippen LogP contribution in [0.2, 0.25) is 0 Å². The smallest absolute Gasteiger partial charge is 0.274 e. The van der Waals surface area contributed by atoms with Gasteiger partial charge >= 0.3 is 0 Å². The van der Waals surface area contributed by atoms with Gasteiger partial charge in [0.15, 0.2) is 0 Å². The van der Waals surface area contributed by atoms with Crippen molar-refractivity contribution in [1.29, 1.82) is 0 Å². The Bertz CT molecular complexity index is 622. The first-order chi connectivity index (χ1) is 9.24. The summed E-state index contributed by atoms with van der Waals surface area (Å²) in [6.45, 7) is 3.20. The van der Waals surface area contributed by atoms with Gasteiger partial charge in [-0.3, -0.25) is 4.79 Å². The van der Waals surface area contributed by atoms with Crippen LogP contribution >= 0.6 is 11.3 Å². The number of hydrogen-bond acceptors (Lipinski definition) is 4. The maximum atomic E-state index is 11.6. The van der Waals surface area contributed by atoms with E-state index in [1.807, 2.05) is 18.2 Å². The summed E-state index contributed by atoms with van der Waals surface area (Å²) in [5.74, 6) is -0.0375. The maximum absolute atomic E-state index is 11.6. The van der Waals surface area contributed by atoms with E-state index in [0.717, 1.165) is 17.7 Å². The number of benzene rings is 1. The van der Waals surface area contributed by atoms with E-state index in [1.54, 1.807) is 0 Å². The third kappa shape index (κ3) is 2.46. The second-order valence-corrected chi connectivity index (χ2v) is 5.44. The molecule has 0 spiro atoms. The van der Waals surface area contributed by atoms with Crippen LogP contribution in [-0.2, 0) is 13.0 Å². The van der Waals surface area contributed by atoms with Crippen LogP contribution in [0.5, 0.6) is 5.19 Å². The fraction of sp³-hybridized carbons (Fsp3) is 0.286. The Morgan fingerprint density at radius 3 is 3.05 bits per heavy atom. The van der Waals surface area contributed by atoms with Crippen LogP contribution < -0.4 is 10.1 Å². The molecule has 0 bridgehead atoms. The number of thiazole rings is 1. The number of ether oxygens (including phenoxy) is 1. The van der Waals surface area contributed by atoms with Gasteiger partial charge in [0.05, 0.1) is 5.69 Å². The Balaban J connectivity index is 1.74. The first kappa shape index (κ1) is 12.2. The molecule has 0 fully saturated rings. The van der Waals surface area contributed by atoms with Gasteiger partial charge in [0.1, 0.15) is 11.5 Å². The highest BCUT2D eigenvalue weighted by atomic mass is 32.1. The van der Waals surface area contributed by atoms with Gasteiger partial charge in [-0.15, -0.1) is 0 Å². The fourth-order valence-electron chi connectivity index (χ4n) is 2.02. The summed E-state index contributed by atoms with van der Waals surface area (Å²) < 4.78 is 5.70. The van der Waals surface area contributed by atoms with Gasteiger partial charge in [0.2, 0.25) is 0 Å². The third-order valence-corrected chi connectivity index (χ3v) is 4.15. The number of carbonyl (C=O) groups excluding carboxylic acids is 1. The molecule has 0 atom stereocenters. The Morgan fingerprint density at radius 1 is 1.42 bits per heavy atom. The van der Waals surface area contributed by atoms with Crippen LogP contribution in [0.15, 0.2) is 24.3 Å². The molecule has 98 valence electrons. The first-order valence-electron chi connectivity index (χ1n) is 6.19. The second-order valence-electron chi connectivity index (χ2n) is 4.48. The monoisotopic (exact) mass is 274 g/mol. The average molecular weight is 274 g/mol. The van der Waals surface area contributed by atoms with Crippen molar-refractivity contribution in [3.63, 3.8) is 0 Å². The van der Waals surface area contributed by atoms with Crippen molar-refractivity contribution >= 4 is 17.2 Å². The average Bonchev–Trinajstić information content (AvgIpc) is 2.82. The minimum absolute atomic E-state index is 0.0375. The topological polar surface area (TPSA) is 51.2 Å². The molecule has 0 unspecified atom stereocenters. The largest absolute Gasteiger partial charge is 0.465 e. The van der Waals surface area contributed by atoms with E-state index >= 15 is 0 Å². The fourth-order valence-corrected chi connectivity index (χ4v) is 2.90. The highest BCUT2D eigenvalue weighted by Gasteiger charge is 2.22. The summed E-state index contributed by atoms with van der Waals surface area (Å²) in [6.07, 6.45) is 0.783. The summed E-state index contributed by atoms with van der Waals surface area (Å²) in [4.78, 5) is 16.7. The van der Waals surface area contributed by atoms with Crippen LogP contribution in [0.3, 0.4) is 0 Å². The van der Waals surface area contributed by atoms with Crippen LogP contribution in [0, 0.1) is 6.92 Å². The summed E-state index contributed by atoms with van der Waals surface area (Å²) in [6, 6.07) is 8.09. The zero-order valence-corrected chi connectivity index (χ0v) is 11.4. The number of carbonyl (C=O) groups is 1. The lowest BCUT2D eigenvalue weighted by atomic mass is 10.1. The van der Waals surface area contributed by atoms with Crippen molar-refractivity contribution in [3.8, 4) is 5.19 Å². The zero-order chi connectivity index (χ0) is 13.2. The van der Waals surface area contributed by atoms with Gasteiger partial charge in [0.25, 0.3) is 11.1 Å². The van der Waals surface area contributed by atoms with E-state index in [0.29, 0.717) is 23.2 Å². The number of nitrogens with zero attached hydrogens (tertiary/aromatic N) is 1. The van der Waals surface area contributed by atoms with Crippen LogP contribution in [0.25, 0.3) is 0 Å². The van der Waals surface area contributed by atoms with E-state index in [1.165, 1.54) is 16.9 Å². The van der Waals surface area contributed by atoms with Gasteiger partial charge in [-0.2, -0.15) is 0 Å². The zero-order valence-electron chi connectivity index (χ0n) is 10.6. The van der Waals surface area contributed by atoms with E-state index < -0.39 is 0 Å². The molecule has 4 nitrogen and oxygen atoms in total. The summed E-state index contributed by atoms with van der Waals surface area (Å²) >= 11 is 1.32. The lowest BCUT2D eigenvalue weighted by Gasteiger charge is -2.08. The number of nitrogens with one attached hydrogen (secondary N) is 1. The highest BCUT2D eigenvalue weighted by molar-refractivity contribution is 7.15. The van der Waals surface area contributed by atoms with Crippen LogP contribution in [-0.4, -0.2) is 17.4 Å². The summed E-state index contributed by atoms with van der Waals surface area (Å²) in [5.41, 5.74) is 3.19. The van der Waals surface area contributed by atoms with Crippen molar-refractivity contribution in [2.24, 2.45) is 0 Å². The minimum Gasteiger partial charge on any atom is -0.465 e. The molecule has 3 rings (SSSR count). The molecular formula is C14H14N2O2S. The van der Waals surface area contributed by atoms with E-state index in [9.17, 15) is 4.79 Å². The lowest BCUT2D eigenvalue weighted by Crippen LogP contribution is -2.30. The Morgan fingerprint density at radius 2 is 2.26 bits per heavy atom. The molecule has 1 aliphatic rings. The Kier molecular flexibility index (Phi) is 3.21. The number of amides is 1. The molecule has 2 heterocycles. The quantitative estimate of drug-likeness (QED) is 0.934. The molecule has 0 saturated carbocycles. The van der Waals surface area contributed by atoms with Crippen molar-refractivity contribution in [2.45, 2.75) is 20.0 Å². The van der Waals surface area contributed by atoms with Gasteiger partial charge in [-0.25, -0.2) is 4.98 Å². The normalized spacial score (nSPS) is 13.8. The van der Waals surface area contributed by atoms with E-state index in [4.69, 9.17) is 4.74 Å².